The summed E-state index contributed by atoms with van der Waals surface area (Å²) in [7, 11) is 0. The Hall–Kier alpha value is -0.0800. The highest BCUT2D eigenvalue weighted by atomic mass is 15.2. The highest BCUT2D eigenvalue weighted by Crippen LogP contribution is 2.29. The lowest BCUT2D eigenvalue weighted by Crippen LogP contribution is -2.50. The molecule has 0 amide bonds. The molecule has 1 heterocycles. The van der Waals surface area contributed by atoms with Crippen LogP contribution in [0.5, 0.6) is 0 Å². The number of rotatable bonds is 5. The molecule has 0 aromatic heterocycles. The molecule has 1 N–H and O–H groups in total. The molecular weight excluding hydrogens is 208 g/mol. The number of nitrogens with one attached hydrogen (secondary N) is 1. The second kappa shape index (κ2) is 6.19. The van der Waals surface area contributed by atoms with Gasteiger partial charge in [0, 0.05) is 30.2 Å². The molecule has 0 bridgehead atoms. The lowest BCUT2D eigenvalue weighted by molar-refractivity contribution is 0.121. The molecule has 1 aliphatic heterocycles. The van der Waals surface area contributed by atoms with Crippen molar-refractivity contribution in [2.24, 2.45) is 0 Å². The van der Waals surface area contributed by atoms with Crippen molar-refractivity contribution < 1.29 is 0 Å². The maximum atomic E-state index is 3.67. The van der Waals surface area contributed by atoms with Crippen LogP contribution in [0.1, 0.15) is 67.2 Å². The average Bonchev–Trinajstić information content (AvgIpc) is 2.60. The van der Waals surface area contributed by atoms with Gasteiger partial charge in [-0.05, 0) is 53.4 Å². The van der Waals surface area contributed by atoms with E-state index < -0.39 is 0 Å². The summed E-state index contributed by atoms with van der Waals surface area (Å²) in [6.07, 6.45) is 5.33. The molecule has 2 heteroatoms. The average molecular weight is 240 g/mol. The van der Waals surface area contributed by atoms with Crippen LogP contribution in [-0.4, -0.2) is 35.1 Å². The van der Waals surface area contributed by atoms with Gasteiger partial charge in [-0.1, -0.05) is 13.8 Å². The van der Waals surface area contributed by atoms with Crippen LogP contribution in [0.25, 0.3) is 0 Å². The Morgan fingerprint density at radius 2 is 1.88 bits per heavy atom. The maximum absolute atomic E-state index is 3.67. The Morgan fingerprint density at radius 1 is 1.24 bits per heavy atom. The fourth-order valence-electron chi connectivity index (χ4n) is 3.05. The van der Waals surface area contributed by atoms with E-state index in [4.69, 9.17) is 0 Å². The number of likely N-dealkylation sites (tertiary alicyclic amines) is 1. The first kappa shape index (κ1) is 15.0. The van der Waals surface area contributed by atoms with Gasteiger partial charge < -0.3 is 5.32 Å². The molecule has 0 aromatic carbocycles. The number of hydrogen-bond donors (Lipinski definition) is 1. The predicted octanol–water partition coefficient (Wildman–Crippen LogP) is 3.42. The maximum Gasteiger partial charge on any atom is 0.0223 e. The Kier molecular flexibility index (Phi) is 5.46. The fourth-order valence-corrected chi connectivity index (χ4v) is 3.05. The molecule has 1 aliphatic rings. The van der Waals surface area contributed by atoms with Crippen LogP contribution in [0.3, 0.4) is 0 Å². The first-order valence-corrected chi connectivity index (χ1v) is 7.41. The molecule has 0 aromatic rings. The normalized spacial score (nSPS) is 28.6. The molecule has 1 fully saturated rings. The van der Waals surface area contributed by atoms with Gasteiger partial charge in [-0.15, -0.1) is 0 Å². The highest BCUT2D eigenvalue weighted by Gasteiger charge is 2.34. The zero-order valence-electron chi connectivity index (χ0n) is 12.7. The monoisotopic (exact) mass is 240 g/mol. The minimum absolute atomic E-state index is 0.234. The zero-order valence-corrected chi connectivity index (χ0v) is 12.7. The molecule has 3 unspecified atom stereocenters. The summed E-state index contributed by atoms with van der Waals surface area (Å²) in [5, 5.41) is 3.67. The van der Waals surface area contributed by atoms with Crippen molar-refractivity contribution in [1.82, 2.24) is 10.2 Å². The zero-order chi connectivity index (χ0) is 13.1. The fraction of sp³-hybridized carbons (Fsp3) is 1.00. The molecule has 3 atom stereocenters. The summed E-state index contributed by atoms with van der Waals surface area (Å²) >= 11 is 0. The number of nitrogens with zero attached hydrogens (tertiary/aromatic N) is 1. The summed E-state index contributed by atoms with van der Waals surface area (Å²) in [5.74, 6) is 0. The summed E-state index contributed by atoms with van der Waals surface area (Å²) in [5.41, 5.74) is 0.234. The van der Waals surface area contributed by atoms with Gasteiger partial charge in [0.25, 0.3) is 0 Å². The van der Waals surface area contributed by atoms with Crippen LogP contribution >= 0.6 is 0 Å². The molecule has 1 saturated heterocycles. The van der Waals surface area contributed by atoms with Crippen LogP contribution in [-0.2, 0) is 0 Å². The standard InChI is InChI=1S/C15H32N2/c1-7-13-10-9-12(3)17(13)14(8-2)11-16-15(4,5)6/h12-14,16H,7-11H2,1-6H3. The van der Waals surface area contributed by atoms with Crippen LogP contribution in [0, 0.1) is 0 Å². The lowest BCUT2D eigenvalue weighted by Gasteiger charge is -2.37. The lowest BCUT2D eigenvalue weighted by atomic mass is 10.1. The van der Waals surface area contributed by atoms with Crippen LogP contribution in [0.2, 0.25) is 0 Å². The topological polar surface area (TPSA) is 15.3 Å². The van der Waals surface area contributed by atoms with E-state index in [0.717, 1.165) is 18.6 Å². The first-order valence-electron chi connectivity index (χ1n) is 7.41. The Bertz CT molecular complexity index is 219. The van der Waals surface area contributed by atoms with Crippen molar-refractivity contribution in [3.8, 4) is 0 Å². The van der Waals surface area contributed by atoms with Crippen molar-refractivity contribution in [2.75, 3.05) is 6.54 Å². The molecule has 0 aliphatic carbocycles. The van der Waals surface area contributed by atoms with Gasteiger partial charge in [0.2, 0.25) is 0 Å². The summed E-state index contributed by atoms with van der Waals surface area (Å²) in [6, 6.07) is 2.29. The Labute approximate surface area is 108 Å². The van der Waals surface area contributed by atoms with Crippen LogP contribution in [0.4, 0.5) is 0 Å². The summed E-state index contributed by atoms with van der Waals surface area (Å²) in [6.45, 7) is 14.9. The van der Waals surface area contributed by atoms with Crippen molar-refractivity contribution in [3.63, 3.8) is 0 Å². The van der Waals surface area contributed by atoms with E-state index in [9.17, 15) is 0 Å². The van der Waals surface area contributed by atoms with Gasteiger partial charge in [-0.2, -0.15) is 0 Å². The van der Waals surface area contributed by atoms with E-state index in [-0.39, 0.29) is 5.54 Å². The largest absolute Gasteiger partial charge is 0.311 e. The van der Waals surface area contributed by atoms with E-state index in [0.29, 0.717) is 6.04 Å². The SMILES string of the molecule is CCC1CCC(C)N1C(CC)CNC(C)(C)C. The first-order chi connectivity index (χ1) is 7.89. The molecular formula is C15H32N2. The Morgan fingerprint density at radius 3 is 2.35 bits per heavy atom. The van der Waals surface area contributed by atoms with E-state index in [1.807, 2.05) is 0 Å². The number of hydrogen-bond acceptors (Lipinski definition) is 2. The van der Waals surface area contributed by atoms with E-state index >= 15 is 0 Å². The van der Waals surface area contributed by atoms with Gasteiger partial charge in [0.05, 0.1) is 0 Å². The van der Waals surface area contributed by atoms with Gasteiger partial charge in [-0.3, -0.25) is 4.90 Å². The molecule has 0 spiro atoms. The molecule has 17 heavy (non-hydrogen) atoms. The second-order valence-electron chi connectivity index (χ2n) is 6.63. The molecule has 0 radical (unpaired) electrons. The third-order valence-electron chi connectivity index (χ3n) is 4.08. The molecule has 2 nitrogen and oxygen atoms in total. The quantitative estimate of drug-likeness (QED) is 0.792. The third-order valence-corrected chi connectivity index (χ3v) is 4.08. The Balaban J connectivity index is 2.59. The summed E-state index contributed by atoms with van der Waals surface area (Å²) < 4.78 is 0. The second-order valence-corrected chi connectivity index (χ2v) is 6.63. The molecule has 1 rings (SSSR count). The van der Waals surface area contributed by atoms with Gasteiger partial charge >= 0.3 is 0 Å². The minimum Gasteiger partial charge on any atom is -0.311 e. The van der Waals surface area contributed by atoms with Gasteiger partial charge in [0.1, 0.15) is 0 Å². The highest BCUT2D eigenvalue weighted by molar-refractivity contribution is 4.90. The van der Waals surface area contributed by atoms with E-state index in [2.05, 4.69) is 51.8 Å². The predicted molar refractivity (Wildman–Crippen MR) is 76.4 cm³/mol. The summed E-state index contributed by atoms with van der Waals surface area (Å²) in [4.78, 5) is 2.78. The van der Waals surface area contributed by atoms with Crippen LogP contribution in [0.15, 0.2) is 0 Å². The van der Waals surface area contributed by atoms with Gasteiger partial charge in [-0.25, -0.2) is 0 Å². The van der Waals surface area contributed by atoms with Crippen molar-refractivity contribution in [2.45, 2.75) is 90.9 Å². The van der Waals surface area contributed by atoms with Gasteiger partial charge in [0.15, 0.2) is 0 Å². The van der Waals surface area contributed by atoms with E-state index in [1.54, 1.807) is 0 Å². The van der Waals surface area contributed by atoms with E-state index in [1.165, 1.54) is 25.7 Å². The van der Waals surface area contributed by atoms with Crippen molar-refractivity contribution in [3.05, 3.63) is 0 Å². The van der Waals surface area contributed by atoms with Crippen molar-refractivity contribution in [1.29, 1.82) is 0 Å². The minimum atomic E-state index is 0.234. The van der Waals surface area contributed by atoms with Crippen molar-refractivity contribution >= 4 is 0 Å². The molecule has 102 valence electrons. The molecule has 0 saturated carbocycles. The smallest absolute Gasteiger partial charge is 0.0223 e. The third kappa shape index (κ3) is 4.26. The van der Waals surface area contributed by atoms with Crippen LogP contribution < -0.4 is 5.32 Å².